The predicted molar refractivity (Wildman–Crippen MR) is 125 cm³/mol. The first-order chi connectivity index (χ1) is 15.9. The summed E-state index contributed by atoms with van der Waals surface area (Å²) in [5, 5.41) is 5.24. The van der Waals surface area contributed by atoms with Crippen LogP contribution in [0.4, 0.5) is 4.39 Å². The number of piperazine rings is 1. The van der Waals surface area contributed by atoms with E-state index in [2.05, 4.69) is 15.0 Å². The molecule has 1 aromatic heterocycles. The molecule has 0 radical (unpaired) electrons. The molecule has 1 aliphatic heterocycles. The third-order valence-corrected chi connectivity index (χ3v) is 7.25. The van der Waals surface area contributed by atoms with Crippen LogP contribution in [0.3, 0.4) is 0 Å². The summed E-state index contributed by atoms with van der Waals surface area (Å²) in [6.45, 7) is 4.80. The Labute approximate surface area is 193 Å². The SMILES string of the molecule is Cc1ccc(-c2noc(CCCN3CCN(S(=O)(=O)/C=C/c4ccccc4)CC3)n2)cc1F. The van der Waals surface area contributed by atoms with Crippen molar-refractivity contribution in [3.8, 4) is 11.4 Å². The zero-order chi connectivity index (χ0) is 23.3. The monoisotopic (exact) mass is 470 g/mol. The average molecular weight is 471 g/mol. The quantitative estimate of drug-likeness (QED) is 0.499. The maximum absolute atomic E-state index is 13.8. The second-order valence-corrected chi connectivity index (χ2v) is 9.90. The fourth-order valence-electron chi connectivity index (χ4n) is 3.68. The Bertz CT molecular complexity index is 1200. The van der Waals surface area contributed by atoms with Gasteiger partial charge in [-0.3, -0.25) is 0 Å². The first kappa shape index (κ1) is 23.3. The van der Waals surface area contributed by atoms with Crippen molar-refractivity contribution < 1.29 is 17.3 Å². The summed E-state index contributed by atoms with van der Waals surface area (Å²) in [6.07, 6.45) is 3.05. The van der Waals surface area contributed by atoms with Crippen LogP contribution >= 0.6 is 0 Å². The first-order valence-electron chi connectivity index (χ1n) is 11.0. The summed E-state index contributed by atoms with van der Waals surface area (Å²) in [7, 11) is -3.43. The second kappa shape index (κ2) is 10.4. The zero-order valence-corrected chi connectivity index (χ0v) is 19.3. The lowest BCUT2D eigenvalue weighted by Crippen LogP contribution is -2.48. The van der Waals surface area contributed by atoms with E-state index in [0.717, 1.165) is 18.5 Å². The van der Waals surface area contributed by atoms with Gasteiger partial charge in [0.05, 0.1) is 0 Å². The number of hydrogen-bond donors (Lipinski definition) is 0. The van der Waals surface area contributed by atoms with Crippen molar-refractivity contribution in [2.75, 3.05) is 32.7 Å². The van der Waals surface area contributed by atoms with Gasteiger partial charge in [0.1, 0.15) is 5.82 Å². The Kier molecular flexibility index (Phi) is 7.32. The van der Waals surface area contributed by atoms with E-state index < -0.39 is 10.0 Å². The van der Waals surface area contributed by atoms with E-state index >= 15 is 0 Å². The molecule has 0 spiro atoms. The van der Waals surface area contributed by atoms with E-state index in [1.165, 1.54) is 15.8 Å². The van der Waals surface area contributed by atoms with Crippen molar-refractivity contribution in [1.29, 1.82) is 0 Å². The highest BCUT2D eigenvalue weighted by Gasteiger charge is 2.24. The topological polar surface area (TPSA) is 79.5 Å². The van der Waals surface area contributed by atoms with Gasteiger partial charge in [0.15, 0.2) is 0 Å². The van der Waals surface area contributed by atoms with Crippen molar-refractivity contribution in [2.24, 2.45) is 0 Å². The fourth-order valence-corrected chi connectivity index (χ4v) is 4.86. The van der Waals surface area contributed by atoms with Crippen LogP contribution in [0.2, 0.25) is 0 Å². The van der Waals surface area contributed by atoms with Gasteiger partial charge < -0.3 is 9.42 Å². The van der Waals surface area contributed by atoms with E-state index in [9.17, 15) is 12.8 Å². The molecular weight excluding hydrogens is 443 g/mol. The van der Waals surface area contributed by atoms with Gasteiger partial charge in [0, 0.05) is 43.6 Å². The number of benzene rings is 2. The second-order valence-electron chi connectivity index (χ2n) is 8.08. The molecule has 7 nitrogen and oxygen atoms in total. The maximum atomic E-state index is 13.8. The molecule has 0 atom stereocenters. The van der Waals surface area contributed by atoms with Crippen molar-refractivity contribution in [1.82, 2.24) is 19.3 Å². The van der Waals surface area contributed by atoms with Crippen LogP contribution in [0, 0.1) is 12.7 Å². The standard InChI is InChI=1S/C24H27FN4O3S/c1-19-9-10-21(18-22(19)25)24-26-23(32-27-24)8-5-12-28-13-15-29(16-14-28)33(30,31)17-11-20-6-3-2-4-7-20/h2-4,6-7,9-11,17-18H,5,8,12-16H2,1H3/b17-11+. The van der Waals surface area contributed by atoms with Crippen LogP contribution in [0.5, 0.6) is 0 Å². The van der Waals surface area contributed by atoms with Crippen molar-refractivity contribution >= 4 is 16.1 Å². The molecule has 0 bridgehead atoms. The van der Waals surface area contributed by atoms with E-state index in [1.807, 2.05) is 30.3 Å². The molecule has 33 heavy (non-hydrogen) atoms. The molecular formula is C24H27FN4O3S. The molecule has 0 N–H and O–H groups in total. The molecule has 0 unspecified atom stereocenters. The molecule has 1 aliphatic rings. The molecule has 1 fully saturated rings. The highest BCUT2D eigenvalue weighted by atomic mass is 32.2. The van der Waals surface area contributed by atoms with Crippen molar-refractivity contribution in [3.63, 3.8) is 0 Å². The molecule has 174 valence electrons. The Morgan fingerprint density at radius 2 is 1.85 bits per heavy atom. The molecule has 0 saturated carbocycles. The van der Waals surface area contributed by atoms with Gasteiger partial charge in [0.25, 0.3) is 0 Å². The summed E-state index contributed by atoms with van der Waals surface area (Å²) < 4.78 is 45.8. The minimum absolute atomic E-state index is 0.296. The Morgan fingerprint density at radius 3 is 2.58 bits per heavy atom. The zero-order valence-electron chi connectivity index (χ0n) is 18.5. The summed E-state index contributed by atoms with van der Waals surface area (Å²) in [5.74, 6) is 0.597. The van der Waals surface area contributed by atoms with Crippen LogP contribution in [0.1, 0.15) is 23.4 Å². The number of nitrogens with zero attached hydrogens (tertiary/aromatic N) is 4. The normalized spacial score (nSPS) is 15.9. The Morgan fingerprint density at radius 1 is 1.09 bits per heavy atom. The molecule has 9 heteroatoms. The average Bonchev–Trinajstić information content (AvgIpc) is 3.30. The van der Waals surface area contributed by atoms with E-state index in [-0.39, 0.29) is 5.82 Å². The van der Waals surface area contributed by atoms with Gasteiger partial charge in [-0.05, 0) is 43.2 Å². The number of halogens is 1. The third-order valence-electron chi connectivity index (χ3n) is 5.69. The van der Waals surface area contributed by atoms with Gasteiger partial charge in [0.2, 0.25) is 21.7 Å². The molecule has 2 aromatic carbocycles. The maximum Gasteiger partial charge on any atom is 0.236 e. The summed E-state index contributed by atoms with van der Waals surface area (Å²) in [6, 6.07) is 14.3. The lowest BCUT2D eigenvalue weighted by Gasteiger charge is -2.33. The minimum Gasteiger partial charge on any atom is -0.339 e. The largest absolute Gasteiger partial charge is 0.339 e. The van der Waals surface area contributed by atoms with Crippen molar-refractivity contribution in [2.45, 2.75) is 19.8 Å². The van der Waals surface area contributed by atoms with Gasteiger partial charge >= 0.3 is 0 Å². The molecule has 2 heterocycles. The summed E-state index contributed by atoms with van der Waals surface area (Å²) in [5.41, 5.74) is 2.02. The minimum atomic E-state index is -3.43. The van der Waals surface area contributed by atoms with Gasteiger partial charge in [-0.15, -0.1) is 0 Å². The summed E-state index contributed by atoms with van der Waals surface area (Å²) >= 11 is 0. The lowest BCUT2D eigenvalue weighted by molar-refractivity contribution is 0.186. The number of sulfonamides is 1. The smallest absolute Gasteiger partial charge is 0.236 e. The molecule has 0 amide bonds. The van der Waals surface area contributed by atoms with Crippen LogP contribution in [0.25, 0.3) is 17.5 Å². The number of aryl methyl sites for hydroxylation is 2. The van der Waals surface area contributed by atoms with E-state index in [4.69, 9.17) is 4.52 Å². The van der Waals surface area contributed by atoms with E-state index in [1.54, 1.807) is 25.1 Å². The van der Waals surface area contributed by atoms with E-state index in [0.29, 0.717) is 55.4 Å². The lowest BCUT2D eigenvalue weighted by atomic mass is 10.1. The highest BCUT2D eigenvalue weighted by molar-refractivity contribution is 7.92. The number of hydrogen-bond acceptors (Lipinski definition) is 6. The Balaban J connectivity index is 1.23. The van der Waals surface area contributed by atoms with Gasteiger partial charge in [-0.25, -0.2) is 12.8 Å². The molecule has 3 aromatic rings. The van der Waals surface area contributed by atoms with Crippen LogP contribution in [-0.4, -0.2) is 60.5 Å². The Hall–Kier alpha value is -2.88. The van der Waals surface area contributed by atoms with Crippen LogP contribution in [0.15, 0.2) is 58.5 Å². The van der Waals surface area contributed by atoms with Gasteiger partial charge in [-0.2, -0.15) is 9.29 Å². The molecule has 0 aliphatic carbocycles. The fraction of sp³-hybridized carbons (Fsp3) is 0.333. The third kappa shape index (κ3) is 6.13. The highest BCUT2D eigenvalue weighted by Crippen LogP contribution is 2.19. The summed E-state index contributed by atoms with van der Waals surface area (Å²) in [4.78, 5) is 6.60. The van der Waals surface area contributed by atoms with Crippen LogP contribution < -0.4 is 0 Å². The molecule has 1 saturated heterocycles. The first-order valence-corrected chi connectivity index (χ1v) is 12.5. The number of rotatable bonds is 8. The number of aromatic nitrogens is 2. The van der Waals surface area contributed by atoms with Crippen molar-refractivity contribution in [3.05, 3.63) is 76.8 Å². The van der Waals surface area contributed by atoms with Crippen LogP contribution in [-0.2, 0) is 16.4 Å². The molecule has 4 rings (SSSR count). The predicted octanol–water partition coefficient (Wildman–Crippen LogP) is 3.74. The van der Waals surface area contributed by atoms with Gasteiger partial charge in [-0.1, -0.05) is 47.6 Å².